The lowest BCUT2D eigenvalue weighted by molar-refractivity contribution is -0.127. The number of para-hydroxylation sites is 1. The molecule has 4 rings (SSSR count). The zero-order chi connectivity index (χ0) is 20.2. The first-order chi connectivity index (χ1) is 14.1. The minimum Gasteiger partial charge on any atom is -0.339 e. The first-order valence-corrected chi connectivity index (χ1v) is 10.8. The molecule has 0 N–H and O–H groups in total. The van der Waals surface area contributed by atoms with Gasteiger partial charge >= 0.3 is 0 Å². The minimum absolute atomic E-state index is 0.0455. The SMILES string of the molecule is CN1CCC(N(C)C(=O)/C=C/c2cn(-c3ccccc3)nc2-c2cccs2)CC1. The summed E-state index contributed by atoms with van der Waals surface area (Å²) < 4.78 is 1.87. The summed E-state index contributed by atoms with van der Waals surface area (Å²) in [5.41, 5.74) is 2.84. The van der Waals surface area contributed by atoms with E-state index in [-0.39, 0.29) is 5.91 Å². The van der Waals surface area contributed by atoms with Gasteiger partial charge in [-0.3, -0.25) is 4.79 Å². The molecule has 1 aromatic carbocycles. The van der Waals surface area contributed by atoms with Crippen molar-refractivity contribution in [2.75, 3.05) is 27.2 Å². The third kappa shape index (κ3) is 4.49. The van der Waals surface area contributed by atoms with Crippen molar-refractivity contribution < 1.29 is 4.79 Å². The van der Waals surface area contributed by atoms with Crippen molar-refractivity contribution in [1.29, 1.82) is 0 Å². The lowest BCUT2D eigenvalue weighted by Crippen LogP contribution is -2.43. The number of likely N-dealkylation sites (N-methyl/N-ethyl adjacent to an activating group) is 1. The number of rotatable bonds is 5. The normalized spacial score (nSPS) is 15.8. The summed E-state index contributed by atoms with van der Waals surface area (Å²) >= 11 is 1.65. The van der Waals surface area contributed by atoms with Gasteiger partial charge in [0.25, 0.3) is 0 Å². The highest BCUT2D eigenvalue weighted by Crippen LogP contribution is 2.28. The Hall–Kier alpha value is -2.70. The Morgan fingerprint density at radius 1 is 1.17 bits per heavy atom. The molecule has 0 atom stereocenters. The number of likely N-dealkylation sites (tertiary alicyclic amines) is 1. The Kier molecular flexibility index (Phi) is 5.92. The summed E-state index contributed by atoms with van der Waals surface area (Å²) in [6.07, 6.45) is 7.62. The van der Waals surface area contributed by atoms with Gasteiger partial charge in [0, 0.05) is 30.9 Å². The van der Waals surface area contributed by atoms with Crippen LogP contribution in [0.4, 0.5) is 0 Å². The molecule has 1 aliphatic heterocycles. The van der Waals surface area contributed by atoms with Gasteiger partial charge in [-0.1, -0.05) is 24.3 Å². The molecule has 0 spiro atoms. The molecule has 2 aromatic heterocycles. The number of thiophene rings is 1. The Labute approximate surface area is 175 Å². The smallest absolute Gasteiger partial charge is 0.246 e. The number of nitrogens with zero attached hydrogens (tertiary/aromatic N) is 4. The molecule has 5 nitrogen and oxygen atoms in total. The molecule has 0 bridgehead atoms. The average molecular weight is 407 g/mol. The molecule has 0 saturated carbocycles. The Morgan fingerprint density at radius 2 is 1.93 bits per heavy atom. The molecule has 3 heterocycles. The van der Waals surface area contributed by atoms with Gasteiger partial charge in [-0.25, -0.2) is 4.68 Å². The molecule has 3 aromatic rings. The van der Waals surface area contributed by atoms with E-state index >= 15 is 0 Å². The summed E-state index contributed by atoms with van der Waals surface area (Å²) in [6.45, 7) is 2.08. The number of amides is 1. The zero-order valence-corrected chi connectivity index (χ0v) is 17.7. The van der Waals surface area contributed by atoms with Crippen LogP contribution in [0.2, 0.25) is 0 Å². The number of piperidine rings is 1. The van der Waals surface area contributed by atoms with Crippen molar-refractivity contribution in [3.63, 3.8) is 0 Å². The van der Waals surface area contributed by atoms with Gasteiger partial charge in [-0.15, -0.1) is 11.3 Å². The van der Waals surface area contributed by atoms with E-state index in [9.17, 15) is 4.79 Å². The van der Waals surface area contributed by atoms with Crippen molar-refractivity contribution in [3.8, 4) is 16.3 Å². The summed E-state index contributed by atoms with van der Waals surface area (Å²) in [6, 6.07) is 14.4. The maximum absolute atomic E-state index is 12.8. The summed E-state index contributed by atoms with van der Waals surface area (Å²) in [5, 5.41) is 6.83. The third-order valence-corrected chi connectivity index (χ3v) is 6.38. The second kappa shape index (κ2) is 8.76. The third-order valence-electron chi connectivity index (χ3n) is 5.51. The van der Waals surface area contributed by atoms with Crippen LogP contribution in [0.25, 0.3) is 22.3 Å². The summed E-state index contributed by atoms with van der Waals surface area (Å²) in [5.74, 6) is 0.0455. The molecule has 1 amide bonds. The van der Waals surface area contributed by atoms with Gasteiger partial charge in [0.05, 0.1) is 10.6 Å². The fraction of sp³-hybridized carbons (Fsp3) is 0.304. The number of aromatic nitrogens is 2. The molecular weight excluding hydrogens is 380 g/mol. The lowest BCUT2D eigenvalue weighted by Gasteiger charge is -2.34. The predicted octanol–water partition coefficient (Wildman–Crippen LogP) is 4.17. The number of benzene rings is 1. The molecule has 0 radical (unpaired) electrons. The minimum atomic E-state index is 0.0455. The van der Waals surface area contributed by atoms with Gasteiger partial charge in [0.2, 0.25) is 5.91 Å². The highest BCUT2D eigenvalue weighted by molar-refractivity contribution is 7.13. The molecular formula is C23H26N4OS. The second-order valence-electron chi connectivity index (χ2n) is 7.51. The van der Waals surface area contributed by atoms with Crippen molar-refractivity contribution in [3.05, 3.63) is 65.7 Å². The van der Waals surface area contributed by atoms with Gasteiger partial charge in [-0.2, -0.15) is 5.10 Å². The highest BCUT2D eigenvalue weighted by Gasteiger charge is 2.22. The van der Waals surface area contributed by atoms with E-state index in [0.717, 1.165) is 47.8 Å². The van der Waals surface area contributed by atoms with Crippen LogP contribution in [0, 0.1) is 0 Å². The van der Waals surface area contributed by atoms with Crippen molar-refractivity contribution >= 4 is 23.3 Å². The number of carbonyl (C=O) groups is 1. The quantitative estimate of drug-likeness (QED) is 0.597. The monoisotopic (exact) mass is 406 g/mol. The molecule has 0 unspecified atom stereocenters. The molecule has 29 heavy (non-hydrogen) atoms. The van der Waals surface area contributed by atoms with E-state index in [1.165, 1.54) is 0 Å². The van der Waals surface area contributed by atoms with E-state index in [4.69, 9.17) is 5.10 Å². The van der Waals surface area contributed by atoms with E-state index in [1.54, 1.807) is 17.4 Å². The van der Waals surface area contributed by atoms with Crippen LogP contribution in [0.5, 0.6) is 0 Å². The fourth-order valence-corrected chi connectivity index (χ4v) is 4.40. The maximum atomic E-state index is 12.8. The number of hydrogen-bond acceptors (Lipinski definition) is 4. The topological polar surface area (TPSA) is 41.4 Å². The molecule has 1 fully saturated rings. The lowest BCUT2D eigenvalue weighted by atomic mass is 10.0. The van der Waals surface area contributed by atoms with Gasteiger partial charge in [0.15, 0.2) is 0 Å². The number of carbonyl (C=O) groups excluding carboxylic acids is 1. The molecule has 1 saturated heterocycles. The molecule has 150 valence electrons. The predicted molar refractivity (Wildman–Crippen MR) is 119 cm³/mol. The molecule has 6 heteroatoms. The standard InChI is InChI=1S/C23H26N4OS/c1-25-14-12-19(13-15-25)26(2)22(28)11-10-18-17-27(20-7-4-3-5-8-20)24-23(18)21-9-6-16-29-21/h3-11,16-17,19H,12-15H2,1-2H3/b11-10+. The van der Waals surface area contributed by atoms with Crippen LogP contribution in [-0.4, -0.2) is 58.7 Å². The van der Waals surface area contributed by atoms with E-state index in [0.29, 0.717) is 6.04 Å². The second-order valence-corrected chi connectivity index (χ2v) is 8.46. The first kappa shape index (κ1) is 19.6. The fourth-order valence-electron chi connectivity index (χ4n) is 3.67. The van der Waals surface area contributed by atoms with Crippen molar-refractivity contribution in [2.45, 2.75) is 18.9 Å². The largest absolute Gasteiger partial charge is 0.339 e. The van der Waals surface area contributed by atoms with Crippen LogP contribution in [-0.2, 0) is 4.79 Å². The highest BCUT2D eigenvalue weighted by atomic mass is 32.1. The van der Waals surface area contributed by atoms with Crippen LogP contribution in [0.3, 0.4) is 0 Å². The first-order valence-electron chi connectivity index (χ1n) is 9.94. The maximum Gasteiger partial charge on any atom is 0.246 e. The molecule has 1 aliphatic rings. The van der Waals surface area contributed by atoms with Gasteiger partial charge in [0.1, 0.15) is 5.69 Å². The molecule has 0 aliphatic carbocycles. The Balaban J connectivity index is 1.57. The Bertz CT molecular complexity index is 970. The van der Waals surface area contributed by atoms with Gasteiger partial charge in [-0.05, 0) is 62.6 Å². The summed E-state index contributed by atoms with van der Waals surface area (Å²) in [7, 11) is 4.05. The van der Waals surface area contributed by atoms with E-state index in [2.05, 4.69) is 18.0 Å². The van der Waals surface area contributed by atoms with E-state index < -0.39 is 0 Å². The van der Waals surface area contributed by atoms with Crippen LogP contribution >= 0.6 is 11.3 Å². The van der Waals surface area contributed by atoms with Crippen molar-refractivity contribution in [1.82, 2.24) is 19.6 Å². The zero-order valence-electron chi connectivity index (χ0n) is 16.9. The van der Waals surface area contributed by atoms with Crippen molar-refractivity contribution in [2.24, 2.45) is 0 Å². The van der Waals surface area contributed by atoms with Crippen LogP contribution in [0.15, 0.2) is 60.1 Å². The van der Waals surface area contributed by atoms with E-state index in [1.807, 2.05) is 70.7 Å². The average Bonchev–Trinajstić information content (AvgIpc) is 3.42. The summed E-state index contributed by atoms with van der Waals surface area (Å²) in [4.78, 5) is 18.1. The van der Waals surface area contributed by atoms with Crippen LogP contribution < -0.4 is 0 Å². The van der Waals surface area contributed by atoms with Crippen LogP contribution in [0.1, 0.15) is 18.4 Å². The number of hydrogen-bond donors (Lipinski definition) is 0. The Morgan fingerprint density at radius 3 is 2.62 bits per heavy atom. The van der Waals surface area contributed by atoms with Gasteiger partial charge < -0.3 is 9.80 Å².